The lowest BCUT2D eigenvalue weighted by atomic mass is 10.2. The molecular formula is C20H22F2N8. The van der Waals surface area contributed by atoms with Gasteiger partial charge in [-0.2, -0.15) is 8.78 Å². The normalized spacial score (nSPS) is 14.3. The number of fused-ring (bicyclic) bond motifs is 1. The van der Waals surface area contributed by atoms with E-state index in [-0.39, 0.29) is 5.69 Å². The predicted molar refractivity (Wildman–Crippen MR) is 111 cm³/mol. The first-order valence-corrected chi connectivity index (χ1v) is 9.55. The van der Waals surface area contributed by atoms with Gasteiger partial charge in [0, 0.05) is 39.3 Å². The zero-order valence-corrected chi connectivity index (χ0v) is 16.7. The number of nitrogens with zero attached hydrogens (tertiary/aromatic N) is 6. The van der Waals surface area contributed by atoms with E-state index in [0.29, 0.717) is 29.6 Å². The zero-order valence-electron chi connectivity index (χ0n) is 16.7. The van der Waals surface area contributed by atoms with Crippen LogP contribution in [0.25, 0.3) is 11.4 Å². The van der Waals surface area contributed by atoms with E-state index in [0.717, 1.165) is 25.6 Å². The second-order valence-electron chi connectivity index (χ2n) is 7.09. The Kier molecular flexibility index (Phi) is 5.40. The van der Waals surface area contributed by atoms with Crippen LogP contribution in [0.4, 0.5) is 26.1 Å². The number of halogens is 2. The van der Waals surface area contributed by atoms with Crippen LogP contribution in [-0.2, 0) is 5.92 Å². The van der Waals surface area contributed by atoms with Gasteiger partial charge in [0.05, 0.1) is 17.1 Å². The predicted octanol–water partition coefficient (Wildman–Crippen LogP) is 3.22. The highest BCUT2D eigenvalue weighted by Gasteiger charge is 2.27. The molecule has 0 aliphatic carbocycles. The first kappa shape index (κ1) is 19.9. The summed E-state index contributed by atoms with van der Waals surface area (Å²) in [6, 6.07) is 10.0. The Morgan fingerprint density at radius 3 is 2.63 bits per heavy atom. The van der Waals surface area contributed by atoms with Crippen LogP contribution in [0.1, 0.15) is 19.0 Å². The Bertz CT molecular complexity index is 1010. The van der Waals surface area contributed by atoms with Gasteiger partial charge in [0.25, 0.3) is 5.92 Å². The van der Waals surface area contributed by atoms with Crippen LogP contribution in [-0.4, -0.2) is 40.1 Å². The molecule has 0 aromatic carbocycles. The number of alkyl halides is 2. The molecule has 2 N–H and O–H groups in total. The van der Waals surface area contributed by atoms with Crippen molar-refractivity contribution in [2.45, 2.75) is 19.3 Å². The molecule has 10 heteroatoms. The third-order valence-electron chi connectivity index (χ3n) is 4.76. The van der Waals surface area contributed by atoms with Crippen LogP contribution in [0.3, 0.4) is 0 Å². The Morgan fingerprint density at radius 1 is 1.03 bits per heavy atom. The van der Waals surface area contributed by atoms with E-state index in [2.05, 4.69) is 30.8 Å². The smallest absolute Gasteiger partial charge is 0.286 e. The van der Waals surface area contributed by atoms with Crippen LogP contribution in [0.2, 0.25) is 0 Å². The van der Waals surface area contributed by atoms with Crippen molar-refractivity contribution < 1.29 is 8.78 Å². The van der Waals surface area contributed by atoms with Crippen molar-refractivity contribution >= 4 is 17.3 Å². The number of rotatable bonds is 5. The standard InChI is InChI=1S/C20H22F2N8/c1-20(21,22)17-6-3-5-14(25-17)15-7-8-16-19(26-15)30(12-4-11-29(16)2)28-27-18-9-10-23-13-24-18/h3,5-10,13,28H,4,11-12H2,1-2H3,(H,23,24,27). The van der Waals surface area contributed by atoms with E-state index in [9.17, 15) is 8.78 Å². The van der Waals surface area contributed by atoms with Crippen molar-refractivity contribution in [1.29, 1.82) is 0 Å². The first-order valence-electron chi connectivity index (χ1n) is 9.55. The molecule has 1 aliphatic rings. The van der Waals surface area contributed by atoms with Gasteiger partial charge in [-0.15, -0.1) is 5.53 Å². The van der Waals surface area contributed by atoms with E-state index < -0.39 is 5.92 Å². The third-order valence-corrected chi connectivity index (χ3v) is 4.76. The number of pyridine rings is 2. The molecule has 0 radical (unpaired) electrons. The fourth-order valence-electron chi connectivity index (χ4n) is 3.19. The summed E-state index contributed by atoms with van der Waals surface area (Å²) in [5.74, 6) is -1.74. The Hall–Kier alpha value is -3.40. The number of aromatic nitrogens is 4. The van der Waals surface area contributed by atoms with E-state index in [1.54, 1.807) is 30.5 Å². The van der Waals surface area contributed by atoms with Gasteiger partial charge in [-0.1, -0.05) is 6.07 Å². The fourth-order valence-corrected chi connectivity index (χ4v) is 3.19. The van der Waals surface area contributed by atoms with Gasteiger partial charge < -0.3 is 4.90 Å². The van der Waals surface area contributed by atoms with Crippen LogP contribution >= 0.6 is 0 Å². The molecule has 30 heavy (non-hydrogen) atoms. The summed E-state index contributed by atoms with van der Waals surface area (Å²) in [7, 11) is 2.00. The number of hydrogen-bond donors (Lipinski definition) is 2. The summed E-state index contributed by atoms with van der Waals surface area (Å²) >= 11 is 0. The molecule has 0 fully saturated rings. The molecule has 0 amide bonds. The molecule has 0 bridgehead atoms. The van der Waals surface area contributed by atoms with Crippen molar-refractivity contribution in [3.8, 4) is 11.4 Å². The second kappa shape index (κ2) is 8.15. The van der Waals surface area contributed by atoms with Gasteiger partial charge in [-0.25, -0.2) is 19.9 Å². The summed E-state index contributed by atoms with van der Waals surface area (Å²) in [4.78, 5) is 19.0. The van der Waals surface area contributed by atoms with E-state index in [4.69, 9.17) is 4.98 Å². The van der Waals surface area contributed by atoms with Crippen LogP contribution in [0.5, 0.6) is 0 Å². The molecule has 0 atom stereocenters. The maximum atomic E-state index is 13.7. The highest BCUT2D eigenvalue weighted by atomic mass is 19.3. The van der Waals surface area contributed by atoms with E-state index >= 15 is 0 Å². The van der Waals surface area contributed by atoms with Gasteiger partial charge in [0.1, 0.15) is 17.8 Å². The summed E-state index contributed by atoms with van der Waals surface area (Å²) in [6.07, 6.45) is 3.99. The molecule has 0 saturated carbocycles. The highest BCUT2D eigenvalue weighted by molar-refractivity contribution is 5.72. The van der Waals surface area contributed by atoms with Crippen LogP contribution < -0.4 is 20.9 Å². The van der Waals surface area contributed by atoms with Gasteiger partial charge in [0.2, 0.25) is 0 Å². The van der Waals surface area contributed by atoms with Crippen molar-refractivity contribution in [2.75, 3.05) is 35.5 Å². The molecule has 4 heterocycles. The molecule has 3 aromatic rings. The quantitative estimate of drug-likeness (QED) is 0.619. The summed E-state index contributed by atoms with van der Waals surface area (Å²) < 4.78 is 27.5. The van der Waals surface area contributed by atoms with Crippen LogP contribution in [0.15, 0.2) is 48.9 Å². The van der Waals surface area contributed by atoms with Gasteiger partial charge in [-0.3, -0.25) is 10.4 Å². The van der Waals surface area contributed by atoms with Gasteiger partial charge in [0.15, 0.2) is 5.82 Å². The molecule has 3 aromatic heterocycles. The zero-order chi connectivity index (χ0) is 21.1. The minimum Gasteiger partial charge on any atom is -0.372 e. The molecular weight excluding hydrogens is 390 g/mol. The van der Waals surface area contributed by atoms with Crippen molar-refractivity contribution in [3.05, 3.63) is 54.6 Å². The SMILES string of the molecule is CN1CCCN(NNc2ccncn2)c2nc(-c3cccc(C(C)(F)F)n3)ccc21. The maximum absolute atomic E-state index is 13.7. The number of hydrogen-bond acceptors (Lipinski definition) is 8. The largest absolute Gasteiger partial charge is 0.372 e. The molecule has 0 unspecified atom stereocenters. The Labute approximate surface area is 172 Å². The average Bonchev–Trinajstić information content (AvgIpc) is 2.91. The lowest BCUT2D eigenvalue weighted by molar-refractivity contribution is 0.0129. The summed E-state index contributed by atoms with van der Waals surface area (Å²) in [6.45, 7) is 2.38. The molecule has 0 spiro atoms. The Balaban J connectivity index is 1.67. The fraction of sp³-hybridized carbons (Fsp3) is 0.300. The number of nitrogens with one attached hydrogen (secondary N) is 2. The van der Waals surface area contributed by atoms with E-state index in [1.165, 1.54) is 12.4 Å². The lowest BCUT2D eigenvalue weighted by Gasteiger charge is -2.26. The van der Waals surface area contributed by atoms with E-state index in [1.807, 2.05) is 18.1 Å². The summed E-state index contributed by atoms with van der Waals surface area (Å²) in [5.41, 5.74) is 7.72. The molecule has 1 aliphatic heterocycles. The lowest BCUT2D eigenvalue weighted by Crippen LogP contribution is -2.43. The third kappa shape index (κ3) is 4.28. The minimum absolute atomic E-state index is 0.283. The first-order chi connectivity index (χ1) is 14.4. The van der Waals surface area contributed by atoms with Crippen molar-refractivity contribution in [2.24, 2.45) is 0 Å². The second-order valence-corrected chi connectivity index (χ2v) is 7.09. The van der Waals surface area contributed by atoms with Crippen molar-refractivity contribution in [1.82, 2.24) is 25.5 Å². The average molecular weight is 412 g/mol. The maximum Gasteiger partial charge on any atom is 0.286 e. The van der Waals surface area contributed by atoms with Gasteiger partial charge in [-0.05, 0) is 30.7 Å². The highest BCUT2D eigenvalue weighted by Crippen LogP contribution is 2.32. The molecule has 0 saturated heterocycles. The number of hydrazine groups is 2. The monoisotopic (exact) mass is 412 g/mol. The molecule has 156 valence electrons. The minimum atomic E-state index is -3.02. The molecule has 4 rings (SSSR count). The van der Waals surface area contributed by atoms with Crippen LogP contribution in [0, 0.1) is 0 Å². The van der Waals surface area contributed by atoms with Crippen molar-refractivity contribution in [3.63, 3.8) is 0 Å². The molecule has 8 nitrogen and oxygen atoms in total. The number of anilines is 3. The Morgan fingerprint density at radius 2 is 1.87 bits per heavy atom. The topological polar surface area (TPSA) is 82.1 Å². The van der Waals surface area contributed by atoms with Gasteiger partial charge >= 0.3 is 0 Å². The summed E-state index contributed by atoms with van der Waals surface area (Å²) in [5, 5.41) is 1.88.